The number of carboxylic acids is 1. The van der Waals surface area contributed by atoms with Crippen LogP contribution in [-0.4, -0.2) is 23.6 Å². The number of aliphatic carboxylic acids is 1. The highest BCUT2D eigenvalue weighted by atomic mass is 16.5. The highest BCUT2D eigenvalue weighted by Gasteiger charge is 2.36. The van der Waals surface area contributed by atoms with Crippen LogP contribution in [-0.2, 0) is 15.0 Å². The number of carbonyl (C=O) groups is 2. The van der Waals surface area contributed by atoms with Gasteiger partial charge in [0, 0.05) is 6.42 Å². The number of carboxylic acid groups (broad SMARTS) is 1. The Bertz CT molecular complexity index is 441. The van der Waals surface area contributed by atoms with Crippen molar-refractivity contribution < 1.29 is 19.4 Å². The van der Waals surface area contributed by atoms with E-state index in [0.717, 1.165) is 0 Å². The fourth-order valence-corrected chi connectivity index (χ4v) is 1.74. The number of hydrogen-bond donors (Lipinski definition) is 2. The van der Waals surface area contributed by atoms with E-state index in [1.165, 1.54) is 6.92 Å². The van der Waals surface area contributed by atoms with Crippen LogP contribution in [0.2, 0.25) is 0 Å². The Hall–Kier alpha value is -2.04. The number of primary amides is 1. The molecule has 0 heterocycles. The first-order valence-corrected chi connectivity index (χ1v) is 5.65. The quantitative estimate of drug-likeness (QED) is 0.797. The van der Waals surface area contributed by atoms with E-state index in [1.54, 1.807) is 24.3 Å². The third kappa shape index (κ3) is 3.00. The smallest absolute Gasteiger partial charge is 0.314 e. The predicted molar refractivity (Wildman–Crippen MR) is 66.4 cm³/mol. The number of amides is 1. The summed E-state index contributed by atoms with van der Waals surface area (Å²) in [4.78, 5) is 22.3. The molecule has 18 heavy (non-hydrogen) atoms. The van der Waals surface area contributed by atoms with Gasteiger partial charge in [0.15, 0.2) is 0 Å². The Morgan fingerprint density at radius 1 is 1.33 bits per heavy atom. The van der Waals surface area contributed by atoms with Gasteiger partial charge < -0.3 is 15.6 Å². The average Bonchev–Trinajstić information content (AvgIpc) is 2.29. The molecule has 0 saturated heterocycles. The molecule has 0 aromatic heterocycles. The first-order chi connectivity index (χ1) is 8.40. The monoisotopic (exact) mass is 251 g/mol. The van der Waals surface area contributed by atoms with Crippen LogP contribution in [0.25, 0.3) is 0 Å². The van der Waals surface area contributed by atoms with Gasteiger partial charge in [0.1, 0.15) is 5.75 Å². The van der Waals surface area contributed by atoms with E-state index in [4.69, 9.17) is 10.5 Å². The van der Waals surface area contributed by atoms with Crippen molar-refractivity contribution in [2.75, 3.05) is 6.61 Å². The second-order valence-electron chi connectivity index (χ2n) is 4.24. The minimum atomic E-state index is -1.31. The molecule has 0 saturated carbocycles. The summed E-state index contributed by atoms with van der Waals surface area (Å²) in [7, 11) is 0. The fourth-order valence-electron chi connectivity index (χ4n) is 1.74. The van der Waals surface area contributed by atoms with Crippen LogP contribution in [0.3, 0.4) is 0 Å². The number of ether oxygens (including phenoxy) is 1. The van der Waals surface area contributed by atoms with E-state index in [0.29, 0.717) is 17.9 Å². The normalized spacial score (nSPS) is 13.7. The molecule has 1 rings (SSSR count). The maximum Gasteiger partial charge on any atom is 0.314 e. The summed E-state index contributed by atoms with van der Waals surface area (Å²) in [6.07, 6.45) is -0.240. The van der Waals surface area contributed by atoms with Gasteiger partial charge in [-0.05, 0) is 31.5 Å². The molecule has 3 N–H and O–H groups in total. The molecule has 5 nitrogen and oxygen atoms in total. The van der Waals surface area contributed by atoms with Gasteiger partial charge in [0.25, 0.3) is 0 Å². The lowest BCUT2D eigenvalue weighted by Gasteiger charge is -2.24. The largest absolute Gasteiger partial charge is 0.494 e. The molecule has 1 atom stereocenters. The summed E-state index contributed by atoms with van der Waals surface area (Å²) in [6.45, 7) is 3.88. The van der Waals surface area contributed by atoms with Crippen molar-refractivity contribution in [1.29, 1.82) is 0 Å². The molecule has 0 bridgehead atoms. The Morgan fingerprint density at radius 2 is 1.89 bits per heavy atom. The molecule has 1 aromatic carbocycles. The summed E-state index contributed by atoms with van der Waals surface area (Å²) in [5.74, 6) is -1.06. The lowest BCUT2D eigenvalue weighted by Crippen LogP contribution is -2.37. The van der Waals surface area contributed by atoms with Crippen LogP contribution in [0.4, 0.5) is 0 Å². The SMILES string of the molecule is CCOc1ccc([C@](C)(CC(N)=O)C(=O)O)cc1. The first-order valence-electron chi connectivity index (χ1n) is 5.65. The molecule has 0 fully saturated rings. The predicted octanol–water partition coefficient (Wildman–Crippen LogP) is 1.30. The van der Waals surface area contributed by atoms with E-state index in [2.05, 4.69) is 0 Å². The molecule has 0 radical (unpaired) electrons. The zero-order chi connectivity index (χ0) is 13.8. The second-order valence-corrected chi connectivity index (χ2v) is 4.24. The highest BCUT2D eigenvalue weighted by molar-refractivity contribution is 5.88. The Labute approximate surface area is 106 Å². The van der Waals surface area contributed by atoms with Gasteiger partial charge in [0.05, 0.1) is 12.0 Å². The first kappa shape index (κ1) is 14.0. The molecule has 0 aliphatic carbocycles. The van der Waals surface area contributed by atoms with Crippen molar-refractivity contribution in [1.82, 2.24) is 0 Å². The van der Waals surface area contributed by atoms with E-state index in [1.807, 2.05) is 6.92 Å². The highest BCUT2D eigenvalue weighted by Crippen LogP contribution is 2.29. The summed E-state index contributed by atoms with van der Waals surface area (Å²) < 4.78 is 5.28. The van der Waals surface area contributed by atoms with Gasteiger partial charge in [0.2, 0.25) is 5.91 Å². The summed E-state index contributed by atoms with van der Waals surface area (Å²) >= 11 is 0. The van der Waals surface area contributed by atoms with Crippen LogP contribution >= 0.6 is 0 Å². The van der Waals surface area contributed by atoms with Gasteiger partial charge in [-0.15, -0.1) is 0 Å². The molecule has 0 spiro atoms. The number of rotatable bonds is 6. The number of hydrogen-bond acceptors (Lipinski definition) is 3. The van der Waals surface area contributed by atoms with Gasteiger partial charge in [-0.3, -0.25) is 9.59 Å². The van der Waals surface area contributed by atoms with Crippen molar-refractivity contribution in [3.8, 4) is 5.75 Å². The van der Waals surface area contributed by atoms with Gasteiger partial charge in [-0.1, -0.05) is 12.1 Å². The van der Waals surface area contributed by atoms with E-state index in [9.17, 15) is 14.7 Å². The summed E-state index contributed by atoms with van der Waals surface area (Å²) in [5, 5.41) is 9.27. The molecule has 5 heteroatoms. The number of nitrogens with two attached hydrogens (primary N) is 1. The van der Waals surface area contributed by atoms with Crippen LogP contribution in [0, 0.1) is 0 Å². The zero-order valence-electron chi connectivity index (χ0n) is 10.5. The van der Waals surface area contributed by atoms with Crippen LogP contribution < -0.4 is 10.5 Å². The molecule has 1 aromatic rings. The van der Waals surface area contributed by atoms with Crippen LogP contribution in [0.1, 0.15) is 25.8 Å². The molecule has 1 amide bonds. The van der Waals surface area contributed by atoms with Gasteiger partial charge in [-0.2, -0.15) is 0 Å². The molecular formula is C13H17NO4. The van der Waals surface area contributed by atoms with Crippen molar-refractivity contribution in [3.63, 3.8) is 0 Å². The fraction of sp³-hybridized carbons (Fsp3) is 0.385. The molecule has 0 aliphatic heterocycles. The molecule has 0 unspecified atom stereocenters. The molecule has 0 aliphatic rings. The minimum absolute atomic E-state index is 0.240. The number of carbonyl (C=O) groups excluding carboxylic acids is 1. The lowest BCUT2D eigenvalue weighted by molar-refractivity contribution is -0.145. The molecular weight excluding hydrogens is 234 g/mol. The van der Waals surface area contributed by atoms with Gasteiger partial charge >= 0.3 is 5.97 Å². The lowest BCUT2D eigenvalue weighted by atomic mass is 9.79. The summed E-state index contributed by atoms with van der Waals surface area (Å²) in [5.41, 5.74) is 4.32. The Kier molecular flexibility index (Phi) is 4.31. The van der Waals surface area contributed by atoms with Crippen molar-refractivity contribution in [2.45, 2.75) is 25.7 Å². The van der Waals surface area contributed by atoms with Crippen LogP contribution in [0.5, 0.6) is 5.75 Å². The second kappa shape index (κ2) is 5.53. The maximum absolute atomic E-state index is 11.3. The minimum Gasteiger partial charge on any atom is -0.494 e. The Balaban J connectivity index is 3.06. The average molecular weight is 251 g/mol. The van der Waals surface area contributed by atoms with E-state index in [-0.39, 0.29) is 6.42 Å². The standard InChI is InChI=1S/C13H17NO4/c1-3-18-10-6-4-9(5-7-10)13(2,12(16)17)8-11(14)15/h4-7H,3,8H2,1-2H3,(H2,14,15)(H,16,17)/t13-/m0/s1. The third-order valence-corrected chi connectivity index (χ3v) is 2.80. The third-order valence-electron chi connectivity index (χ3n) is 2.80. The van der Waals surface area contributed by atoms with E-state index < -0.39 is 17.3 Å². The van der Waals surface area contributed by atoms with Crippen LogP contribution in [0.15, 0.2) is 24.3 Å². The molecule has 98 valence electrons. The summed E-state index contributed by atoms with van der Waals surface area (Å²) in [6, 6.07) is 6.64. The van der Waals surface area contributed by atoms with Crippen molar-refractivity contribution >= 4 is 11.9 Å². The number of benzene rings is 1. The van der Waals surface area contributed by atoms with E-state index >= 15 is 0 Å². The van der Waals surface area contributed by atoms with Crippen molar-refractivity contribution in [3.05, 3.63) is 29.8 Å². The Morgan fingerprint density at radius 3 is 2.28 bits per heavy atom. The topological polar surface area (TPSA) is 89.6 Å². The maximum atomic E-state index is 11.3. The zero-order valence-corrected chi connectivity index (χ0v) is 10.5. The van der Waals surface area contributed by atoms with Gasteiger partial charge in [-0.25, -0.2) is 0 Å². The van der Waals surface area contributed by atoms with Crippen molar-refractivity contribution in [2.24, 2.45) is 5.73 Å².